The summed E-state index contributed by atoms with van der Waals surface area (Å²) in [7, 11) is -3.72. The Kier molecular flexibility index (Phi) is 4.64. The number of carbonyl (C=O) groups excluding carboxylic acids is 1. The van der Waals surface area contributed by atoms with E-state index in [2.05, 4.69) is 19.6 Å². The molecule has 7 nitrogen and oxygen atoms in total. The third-order valence-corrected chi connectivity index (χ3v) is 6.04. The first-order valence-electron chi connectivity index (χ1n) is 8.98. The Hall–Kier alpha value is -3.13. The molecule has 1 aliphatic rings. The summed E-state index contributed by atoms with van der Waals surface area (Å²) >= 11 is 0. The van der Waals surface area contributed by atoms with Crippen molar-refractivity contribution in [3.8, 4) is 11.3 Å². The number of anilines is 2. The Morgan fingerprint density at radius 3 is 2.39 bits per heavy atom. The topological polar surface area (TPSA) is 93.1 Å². The molecule has 2 heterocycles. The Balaban J connectivity index is 1.51. The van der Waals surface area contributed by atoms with E-state index in [-0.39, 0.29) is 10.8 Å². The third-order valence-electron chi connectivity index (χ3n) is 4.64. The first-order chi connectivity index (χ1) is 13.4. The lowest BCUT2D eigenvalue weighted by Gasteiger charge is -2.10. The molecule has 0 saturated heterocycles. The summed E-state index contributed by atoms with van der Waals surface area (Å²) in [6.45, 7) is 2.36. The highest BCUT2D eigenvalue weighted by Crippen LogP contribution is 2.27. The maximum atomic E-state index is 12.6. The van der Waals surface area contributed by atoms with Gasteiger partial charge in [-0.1, -0.05) is 12.1 Å². The summed E-state index contributed by atoms with van der Waals surface area (Å²) < 4.78 is 30.0. The summed E-state index contributed by atoms with van der Waals surface area (Å²) in [5.74, 6) is 0.889. The molecular formula is C20H20N4O3S. The van der Waals surface area contributed by atoms with E-state index < -0.39 is 10.0 Å². The zero-order chi connectivity index (χ0) is 19.7. The van der Waals surface area contributed by atoms with Crippen LogP contribution in [0.1, 0.15) is 19.2 Å². The summed E-state index contributed by atoms with van der Waals surface area (Å²) in [5.41, 5.74) is 3.08. The molecule has 0 fully saturated rings. The van der Waals surface area contributed by atoms with Gasteiger partial charge in [-0.05, 0) is 48.4 Å². The van der Waals surface area contributed by atoms with Gasteiger partial charge in [-0.3, -0.25) is 9.52 Å². The lowest BCUT2D eigenvalue weighted by atomic mass is 10.1. The second-order valence-electron chi connectivity index (χ2n) is 6.70. The van der Waals surface area contributed by atoms with E-state index in [1.54, 1.807) is 24.3 Å². The second kappa shape index (κ2) is 7.12. The number of carbonyl (C=O) groups is 1. The molecule has 1 aromatic heterocycles. The lowest BCUT2D eigenvalue weighted by molar-refractivity contribution is -0.114. The molecule has 28 heavy (non-hydrogen) atoms. The minimum absolute atomic E-state index is 0.124. The average molecular weight is 396 g/mol. The number of hydrogen-bond acceptors (Lipinski definition) is 4. The Morgan fingerprint density at radius 1 is 1.04 bits per heavy atom. The number of amides is 1. The molecule has 0 spiro atoms. The highest BCUT2D eigenvalue weighted by molar-refractivity contribution is 7.92. The second-order valence-corrected chi connectivity index (χ2v) is 8.39. The number of aromatic nitrogens is 2. The highest BCUT2D eigenvalue weighted by Gasteiger charge is 2.17. The molecule has 2 aromatic carbocycles. The fourth-order valence-corrected chi connectivity index (χ4v) is 4.39. The summed E-state index contributed by atoms with van der Waals surface area (Å²) in [5, 5.41) is 2.61. The van der Waals surface area contributed by atoms with Gasteiger partial charge >= 0.3 is 0 Å². The zero-order valence-corrected chi connectivity index (χ0v) is 16.2. The van der Waals surface area contributed by atoms with Crippen LogP contribution in [0.2, 0.25) is 0 Å². The molecule has 0 atom stereocenters. The molecule has 4 rings (SSSR count). The SMILES string of the molecule is CC(=O)Nc1ccc(S(=O)(=O)Nc2ccc(-c3cnc4n3CCC4)cc2)cc1. The minimum atomic E-state index is -3.72. The average Bonchev–Trinajstić information content (AvgIpc) is 3.26. The van der Waals surface area contributed by atoms with E-state index in [0.717, 1.165) is 36.5 Å². The number of imidazole rings is 1. The summed E-state index contributed by atoms with van der Waals surface area (Å²) in [4.78, 5) is 15.6. The maximum absolute atomic E-state index is 12.6. The number of nitrogens with zero attached hydrogens (tertiary/aromatic N) is 2. The molecule has 0 unspecified atom stereocenters. The van der Waals surface area contributed by atoms with Gasteiger partial charge in [0.1, 0.15) is 5.82 Å². The van der Waals surface area contributed by atoms with Crippen molar-refractivity contribution in [1.82, 2.24) is 9.55 Å². The number of sulfonamides is 1. The highest BCUT2D eigenvalue weighted by atomic mass is 32.2. The fourth-order valence-electron chi connectivity index (χ4n) is 3.33. The van der Waals surface area contributed by atoms with Crippen molar-refractivity contribution in [2.75, 3.05) is 10.0 Å². The molecule has 1 amide bonds. The zero-order valence-electron chi connectivity index (χ0n) is 15.3. The van der Waals surface area contributed by atoms with Gasteiger partial charge in [-0.15, -0.1) is 0 Å². The molecular weight excluding hydrogens is 376 g/mol. The fraction of sp³-hybridized carbons (Fsp3) is 0.200. The van der Waals surface area contributed by atoms with Crippen LogP contribution < -0.4 is 10.0 Å². The van der Waals surface area contributed by atoms with E-state index in [4.69, 9.17) is 0 Å². The van der Waals surface area contributed by atoms with Crippen molar-refractivity contribution in [1.29, 1.82) is 0 Å². The van der Waals surface area contributed by atoms with Crippen LogP contribution in [0.5, 0.6) is 0 Å². The van der Waals surface area contributed by atoms with Crippen molar-refractivity contribution < 1.29 is 13.2 Å². The largest absolute Gasteiger partial charge is 0.328 e. The molecule has 0 aliphatic carbocycles. The molecule has 1 aliphatic heterocycles. The van der Waals surface area contributed by atoms with E-state index >= 15 is 0 Å². The first-order valence-corrected chi connectivity index (χ1v) is 10.5. The van der Waals surface area contributed by atoms with Crippen molar-refractivity contribution in [3.05, 3.63) is 60.6 Å². The van der Waals surface area contributed by atoms with Gasteiger partial charge < -0.3 is 9.88 Å². The van der Waals surface area contributed by atoms with Crippen LogP contribution >= 0.6 is 0 Å². The van der Waals surface area contributed by atoms with Gasteiger partial charge in [0, 0.05) is 31.3 Å². The third kappa shape index (κ3) is 3.63. The lowest BCUT2D eigenvalue weighted by Crippen LogP contribution is -2.13. The molecule has 0 radical (unpaired) electrons. The Bertz CT molecular complexity index is 1120. The number of rotatable bonds is 5. The number of hydrogen-bond donors (Lipinski definition) is 2. The quantitative estimate of drug-likeness (QED) is 0.692. The summed E-state index contributed by atoms with van der Waals surface area (Å²) in [6, 6.07) is 13.3. The van der Waals surface area contributed by atoms with Crippen molar-refractivity contribution in [2.45, 2.75) is 31.2 Å². The molecule has 3 aromatic rings. The van der Waals surface area contributed by atoms with Crippen LogP contribution in [0.15, 0.2) is 59.6 Å². The summed E-state index contributed by atoms with van der Waals surface area (Å²) in [6.07, 6.45) is 3.97. The predicted molar refractivity (Wildman–Crippen MR) is 108 cm³/mol. The van der Waals surface area contributed by atoms with Gasteiger partial charge in [-0.25, -0.2) is 13.4 Å². The van der Waals surface area contributed by atoms with E-state index in [1.807, 2.05) is 18.3 Å². The molecule has 144 valence electrons. The normalized spacial score (nSPS) is 13.2. The predicted octanol–water partition coefficient (Wildman–Crippen LogP) is 3.26. The smallest absolute Gasteiger partial charge is 0.261 e. The van der Waals surface area contributed by atoms with Crippen molar-refractivity contribution >= 4 is 27.3 Å². The van der Waals surface area contributed by atoms with Crippen LogP contribution in [0.25, 0.3) is 11.3 Å². The molecule has 8 heteroatoms. The van der Waals surface area contributed by atoms with Crippen LogP contribution in [-0.4, -0.2) is 23.9 Å². The molecule has 0 saturated carbocycles. The standard InChI is InChI=1S/C20H20N4O3S/c1-14(25)22-16-8-10-18(11-9-16)28(26,27)23-17-6-4-15(5-7-17)19-13-21-20-3-2-12-24(19)20/h4-11,13,23H,2-3,12H2,1H3,(H,22,25). The molecule has 2 N–H and O–H groups in total. The number of aryl methyl sites for hydroxylation is 1. The molecule has 0 bridgehead atoms. The van der Waals surface area contributed by atoms with Crippen LogP contribution in [0.4, 0.5) is 11.4 Å². The van der Waals surface area contributed by atoms with Crippen LogP contribution in [0, 0.1) is 0 Å². The number of benzene rings is 2. The van der Waals surface area contributed by atoms with E-state index in [9.17, 15) is 13.2 Å². The van der Waals surface area contributed by atoms with Gasteiger partial charge in [0.2, 0.25) is 5.91 Å². The van der Waals surface area contributed by atoms with Crippen LogP contribution in [-0.2, 0) is 27.8 Å². The number of fused-ring (bicyclic) bond motifs is 1. The van der Waals surface area contributed by atoms with Gasteiger partial charge in [-0.2, -0.15) is 0 Å². The maximum Gasteiger partial charge on any atom is 0.261 e. The van der Waals surface area contributed by atoms with E-state index in [0.29, 0.717) is 11.4 Å². The monoisotopic (exact) mass is 396 g/mol. The number of nitrogens with one attached hydrogen (secondary N) is 2. The minimum Gasteiger partial charge on any atom is -0.328 e. The Labute approximate surface area is 163 Å². The van der Waals surface area contributed by atoms with Gasteiger partial charge in [0.25, 0.3) is 10.0 Å². The van der Waals surface area contributed by atoms with Crippen molar-refractivity contribution in [2.24, 2.45) is 0 Å². The first kappa shape index (κ1) is 18.2. The van der Waals surface area contributed by atoms with Crippen LogP contribution in [0.3, 0.4) is 0 Å². The van der Waals surface area contributed by atoms with Gasteiger partial charge in [0.15, 0.2) is 0 Å². The van der Waals surface area contributed by atoms with Crippen molar-refractivity contribution in [3.63, 3.8) is 0 Å². The Morgan fingerprint density at radius 2 is 1.71 bits per heavy atom. The van der Waals surface area contributed by atoms with E-state index in [1.165, 1.54) is 19.1 Å². The van der Waals surface area contributed by atoms with Gasteiger partial charge in [0.05, 0.1) is 16.8 Å².